The lowest BCUT2D eigenvalue weighted by Gasteiger charge is -2.26. The van der Waals surface area contributed by atoms with E-state index < -0.39 is 5.60 Å². The zero-order valence-electron chi connectivity index (χ0n) is 15.1. The zero-order chi connectivity index (χ0) is 18.6. The van der Waals surface area contributed by atoms with Gasteiger partial charge in [-0.15, -0.1) is 0 Å². The number of nitrogens with zero attached hydrogens (tertiary/aromatic N) is 1. The molecule has 0 spiro atoms. The Bertz CT molecular complexity index is 658. The average Bonchev–Trinajstić information content (AvgIpc) is 2.71. The summed E-state index contributed by atoms with van der Waals surface area (Å²) < 4.78 is 5.47. The lowest BCUT2D eigenvalue weighted by molar-refractivity contribution is 0.0258. The van der Waals surface area contributed by atoms with Crippen LogP contribution < -0.4 is 5.32 Å². The maximum Gasteiger partial charge on any atom is 0.410 e. The van der Waals surface area contributed by atoms with Gasteiger partial charge in [0, 0.05) is 24.5 Å². The van der Waals surface area contributed by atoms with E-state index in [1.807, 2.05) is 39.8 Å². The van der Waals surface area contributed by atoms with Crippen LogP contribution in [0.15, 0.2) is 17.0 Å². The minimum Gasteiger partial charge on any atom is -0.444 e. The largest absolute Gasteiger partial charge is 0.444 e. The smallest absolute Gasteiger partial charge is 0.410 e. The molecule has 1 aromatic carbocycles. The van der Waals surface area contributed by atoms with E-state index in [4.69, 9.17) is 16.3 Å². The molecule has 1 heterocycles. The van der Waals surface area contributed by atoms with Gasteiger partial charge in [0.1, 0.15) is 5.60 Å². The molecule has 0 aliphatic carbocycles. The maximum atomic E-state index is 12.3. The van der Waals surface area contributed by atoms with Gasteiger partial charge in [-0.25, -0.2) is 4.79 Å². The highest BCUT2D eigenvalue weighted by atomic mass is 35.5. The summed E-state index contributed by atoms with van der Waals surface area (Å²) in [5, 5.41) is 3.23. The van der Waals surface area contributed by atoms with Crippen molar-refractivity contribution in [3.63, 3.8) is 0 Å². The summed E-state index contributed by atoms with van der Waals surface area (Å²) in [5.41, 5.74) is 1.66. The van der Waals surface area contributed by atoms with E-state index in [2.05, 4.69) is 5.32 Å². The van der Waals surface area contributed by atoms with Gasteiger partial charge in [0.05, 0.1) is 5.02 Å². The topological polar surface area (TPSA) is 58.6 Å². The molecule has 138 valence electrons. The fourth-order valence-corrected chi connectivity index (χ4v) is 3.87. The summed E-state index contributed by atoms with van der Waals surface area (Å²) in [4.78, 5) is 26.8. The SMILES string of the molecule is CCNC(=O)Sc1c(Cl)ccc2c1CCN(C(=O)OC(C)(C)C)CC2. The molecule has 0 fully saturated rings. The van der Waals surface area contributed by atoms with E-state index in [9.17, 15) is 9.59 Å². The highest BCUT2D eigenvalue weighted by Gasteiger charge is 2.26. The lowest BCUT2D eigenvalue weighted by atomic mass is 10.0. The van der Waals surface area contributed by atoms with Crippen molar-refractivity contribution in [2.75, 3.05) is 19.6 Å². The number of benzene rings is 1. The molecule has 1 N–H and O–H groups in total. The fraction of sp³-hybridized carbons (Fsp3) is 0.556. The summed E-state index contributed by atoms with van der Waals surface area (Å²) >= 11 is 7.46. The van der Waals surface area contributed by atoms with Crippen LogP contribution in [0.2, 0.25) is 5.02 Å². The van der Waals surface area contributed by atoms with Gasteiger partial charge in [0.15, 0.2) is 0 Å². The van der Waals surface area contributed by atoms with Crippen LogP contribution in [0.5, 0.6) is 0 Å². The van der Waals surface area contributed by atoms with Gasteiger partial charge < -0.3 is 15.0 Å². The van der Waals surface area contributed by atoms with E-state index in [1.54, 1.807) is 4.90 Å². The molecule has 0 atom stereocenters. The molecule has 0 aromatic heterocycles. The number of ether oxygens (including phenoxy) is 1. The van der Waals surface area contributed by atoms with Gasteiger partial charge in [0.2, 0.25) is 0 Å². The number of halogens is 1. The third kappa shape index (κ3) is 5.54. The van der Waals surface area contributed by atoms with E-state index >= 15 is 0 Å². The monoisotopic (exact) mass is 384 g/mol. The second-order valence-electron chi connectivity index (χ2n) is 6.90. The number of nitrogens with one attached hydrogen (secondary N) is 1. The Morgan fingerprint density at radius 2 is 1.96 bits per heavy atom. The van der Waals surface area contributed by atoms with Crippen LogP contribution in [-0.2, 0) is 17.6 Å². The summed E-state index contributed by atoms with van der Waals surface area (Å²) in [6.07, 6.45) is 1.07. The molecule has 1 aliphatic rings. The fourth-order valence-electron chi connectivity index (χ4n) is 2.65. The highest BCUT2D eigenvalue weighted by molar-refractivity contribution is 8.13. The Morgan fingerprint density at radius 1 is 1.28 bits per heavy atom. The van der Waals surface area contributed by atoms with Crippen molar-refractivity contribution in [2.45, 2.75) is 51.0 Å². The molecule has 2 rings (SSSR count). The zero-order valence-corrected chi connectivity index (χ0v) is 16.7. The molecule has 5 nitrogen and oxygen atoms in total. The first-order chi connectivity index (χ1) is 11.7. The minimum absolute atomic E-state index is 0.119. The minimum atomic E-state index is -0.515. The highest BCUT2D eigenvalue weighted by Crippen LogP contribution is 2.35. The quantitative estimate of drug-likeness (QED) is 0.763. The van der Waals surface area contributed by atoms with Crippen molar-refractivity contribution >= 4 is 34.7 Å². The third-order valence-electron chi connectivity index (χ3n) is 3.76. The van der Waals surface area contributed by atoms with Crippen molar-refractivity contribution in [2.24, 2.45) is 0 Å². The Balaban J connectivity index is 2.18. The Morgan fingerprint density at radius 3 is 2.60 bits per heavy atom. The van der Waals surface area contributed by atoms with Gasteiger partial charge in [-0.1, -0.05) is 17.7 Å². The number of fused-ring (bicyclic) bond motifs is 1. The van der Waals surface area contributed by atoms with Gasteiger partial charge in [-0.3, -0.25) is 4.79 Å². The van der Waals surface area contributed by atoms with Crippen LogP contribution in [0.4, 0.5) is 9.59 Å². The third-order valence-corrected chi connectivity index (χ3v) is 5.19. The number of carbonyl (C=O) groups is 2. The normalized spacial score (nSPS) is 14.5. The summed E-state index contributed by atoms with van der Waals surface area (Å²) in [6.45, 7) is 9.17. The number of rotatable bonds is 2. The van der Waals surface area contributed by atoms with Gasteiger partial charge in [0.25, 0.3) is 5.24 Å². The lowest BCUT2D eigenvalue weighted by Crippen LogP contribution is -2.38. The first-order valence-corrected chi connectivity index (χ1v) is 9.64. The predicted molar refractivity (Wildman–Crippen MR) is 102 cm³/mol. The van der Waals surface area contributed by atoms with Crippen molar-refractivity contribution < 1.29 is 14.3 Å². The molecule has 0 saturated carbocycles. The number of thioether (sulfide) groups is 1. The molecule has 7 heteroatoms. The standard InChI is InChI=1S/C18H25ClN2O3S/c1-5-20-16(22)25-15-13-9-11-21(17(23)24-18(2,3)4)10-8-12(13)6-7-14(15)19/h6-7H,5,8-11H2,1-4H3,(H,20,22). The molecular weight excluding hydrogens is 360 g/mol. The van der Waals surface area contributed by atoms with Crippen LogP contribution in [0.1, 0.15) is 38.8 Å². The van der Waals surface area contributed by atoms with Crippen molar-refractivity contribution in [1.82, 2.24) is 10.2 Å². The Labute approximate surface area is 158 Å². The molecule has 1 aliphatic heterocycles. The molecule has 2 amide bonds. The summed E-state index contributed by atoms with van der Waals surface area (Å²) in [6, 6.07) is 3.81. The van der Waals surface area contributed by atoms with Crippen molar-refractivity contribution in [3.05, 3.63) is 28.3 Å². The first kappa shape index (κ1) is 19.9. The van der Waals surface area contributed by atoms with Gasteiger partial charge in [-0.2, -0.15) is 0 Å². The van der Waals surface area contributed by atoms with E-state index in [0.29, 0.717) is 37.5 Å². The van der Waals surface area contributed by atoms with E-state index in [1.165, 1.54) is 0 Å². The Kier molecular flexibility index (Phi) is 6.63. The number of hydrogen-bond donors (Lipinski definition) is 1. The van der Waals surface area contributed by atoms with Crippen molar-refractivity contribution in [3.8, 4) is 0 Å². The van der Waals surface area contributed by atoms with Gasteiger partial charge >= 0.3 is 6.09 Å². The molecule has 0 unspecified atom stereocenters. The van der Waals surface area contributed by atoms with E-state index in [-0.39, 0.29) is 11.3 Å². The maximum absolute atomic E-state index is 12.3. The van der Waals surface area contributed by atoms with Gasteiger partial charge in [-0.05, 0) is 69.5 Å². The van der Waals surface area contributed by atoms with Crippen LogP contribution in [-0.4, -0.2) is 41.5 Å². The summed E-state index contributed by atoms with van der Waals surface area (Å²) in [5.74, 6) is 0. The first-order valence-electron chi connectivity index (χ1n) is 8.45. The molecular formula is C18H25ClN2O3S. The number of hydrogen-bond acceptors (Lipinski definition) is 4. The molecule has 0 radical (unpaired) electrons. The molecule has 0 saturated heterocycles. The van der Waals surface area contributed by atoms with Crippen LogP contribution in [0.3, 0.4) is 0 Å². The second-order valence-corrected chi connectivity index (χ2v) is 8.29. The van der Waals surface area contributed by atoms with E-state index in [0.717, 1.165) is 27.8 Å². The average molecular weight is 385 g/mol. The number of carbonyl (C=O) groups excluding carboxylic acids is 2. The number of amides is 2. The molecule has 0 bridgehead atoms. The summed E-state index contributed by atoms with van der Waals surface area (Å²) in [7, 11) is 0. The van der Waals surface area contributed by atoms with Crippen molar-refractivity contribution in [1.29, 1.82) is 0 Å². The predicted octanol–water partition coefficient (Wildman–Crippen LogP) is 4.50. The molecule has 25 heavy (non-hydrogen) atoms. The Hall–Kier alpha value is -1.40. The van der Waals surface area contributed by atoms with Crippen LogP contribution >= 0.6 is 23.4 Å². The van der Waals surface area contributed by atoms with Crippen LogP contribution in [0.25, 0.3) is 0 Å². The second kappa shape index (κ2) is 8.32. The van der Waals surface area contributed by atoms with Crippen LogP contribution in [0, 0.1) is 0 Å². The molecule has 1 aromatic rings.